The van der Waals surface area contributed by atoms with Gasteiger partial charge in [0.05, 0.1) is 0 Å². The van der Waals surface area contributed by atoms with Crippen molar-refractivity contribution in [2.24, 2.45) is 0 Å². The number of halogens is 1. The number of hydrogen-bond acceptors (Lipinski definition) is 3. The molecule has 1 unspecified atom stereocenters. The predicted molar refractivity (Wildman–Crippen MR) is 90.4 cm³/mol. The fraction of sp³-hybridized carbons (Fsp3) is 0.167. The molecule has 1 heterocycles. The molecule has 112 valence electrons. The van der Waals surface area contributed by atoms with Crippen LogP contribution in [-0.4, -0.2) is 0 Å². The first-order valence-corrected chi connectivity index (χ1v) is 7.80. The molecule has 0 fully saturated rings. The third-order valence-corrected chi connectivity index (χ3v) is 4.57. The standard InChI is InChI=1S/C18H15BrO3/c1-11-15-9-8-14(10-16(15)22-18(20)17(11)19)21-12(2)13-6-4-3-5-7-13/h3-10,12H,1-2H3. The molecular weight excluding hydrogens is 344 g/mol. The van der Waals surface area contributed by atoms with Crippen molar-refractivity contribution in [2.45, 2.75) is 20.0 Å². The highest BCUT2D eigenvalue weighted by Gasteiger charge is 2.11. The van der Waals surface area contributed by atoms with Crippen LogP contribution in [0.15, 0.2) is 62.2 Å². The Kier molecular flexibility index (Phi) is 4.03. The summed E-state index contributed by atoms with van der Waals surface area (Å²) in [5, 5.41) is 0.895. The Hall–Kier alpha value is -2.07. The molecule has 1 aromatic heterocycles. The molecule has 22 heavy (non-hydrogen) atoms. The van der Waals surface area contributed by atoms with Crippen LogP contribution in [0.25, 0.3) is 11.0 Å². The van der Waals surface area contributed by atoms with Crippen LogP contribution in [0.1, 0.15) is 24.2 Å². The summed E-state index contributed by atoms with van der Waals surface area (Å²) in [5.41, 5.74) is 2.12. The van der Waals surface area contributed by atoms with Gasteiger partial charge in [-0.15, -0.1) is 0 Å². The van der Waals surface area contributed by atoms with Crippen molar-refractivity contribution in [1.29, 1.82) is 0 Å². The van der Waals surface area contributed by atoms with E-state index in [9.17, 15) is 4.79 Å². The third-order valence-electron chi connectivity index (χ3n) is 3.65. The maximum absolute atomic E-state index is 11.8. The minimum atomic E-state index is -0.377. The normalized spacial score (nSPS) is 12.3. The largest absolute Gasteiger partial charge is 0.486 e. The average molecular weight is 359 g/mol. The van der Waals surface area contributed by atoms with Gasteiger partial charge in [0.15, 0.2) is 0 Å². The summed E-state index contributed by atoms with van der Waals surface area (Å²) in [6.45, 7) is 3.87. The van der Waals surface area contributed by atoms with E-state index in [1.54, 1.807) is 6.07 Å². The first kappa shape index (κ1) is 14.9. The molecule has 3 nitrogen and oxygen atoms in total. The van der Waals surface area contributed by atoms with Gasteiger partial charge in [-0.05, 0) is 53.0 Å². The van der Waals surface area contributed by atoms with Crippen molar-refractivity contribution in [2.75, 3.05) is 0 Å². The fourth-order valence-electron chi connectivity index (χ4n) is 2.38. The van der Waals surface area contributed by atoms with E-state index in [0.717, 1.165) is 16.5 Å². The Bertz CT molecular complexity index is 869. The molecule has 0 aliphatic rings. The molecule has 0 saturated carbocycles. The highest BCUT2D eigenvalue weighted by molar-refractivity contribution is 9.10. The molecule has 4 heteroatoms. The topological polar surface area (TPSA) is 39.4 Å². The first-order chi connectivity index (χ1) is 10.6. The lowest BCUT2D eigenvalue weighted by Gasteiger charge is -2.15. The summed E-state index contributed by atoms with van der Waals surface area (Å²) in [6, 6.07) is 15.5. The number of ether oxygens (including phenoxy) is 1. The van der Waals surface area contributed by atoms with Crippen LogP contribution in [0.5, 0.6) is 5.75 Å². The molecule has 0 aliphatic carbocycles. The summed E-state index contributed by atoms with van der Waals surface area (Å²) >= 11 is 3.25. The SMILES string of the molecule is Cc1c(Br)c(=O)oc2cc(OC(C)c3ccccc3)ccc12. The lowest BCUT2D eigenvalue weighted by molar-refractivity contribution is 0.227. The van der Waals surface area contributed by atoms with Gasteiger partial charge in [-0.2, -0.15) is 0 Å². The molecule has 3 rings (SSSR count). The van der Waals surface area contributed by atoms with Crippen LogP contribution in [0.4, 0.5) is 0 Å². The van der Waals surface area contributed by atoms with E-state index in [0.29, 0.717) is 15.8 Å². The molecule has 0 spiro atoms. The maximum Gasteiger partial charge on any atom is 0.350 e. The van der Waals surface area contributed by atoms with Crippen LogP contribution < -0.4 is 10.4 Å². The van der Waals surface area contributed by atoms with Crippen LogP contribution in [0, 0.1) is 6.92 Å². The zero-order valence-corrected chi connectivity index (χ0v) is 13.9. The summed E-state index contributed by atoms with van der Waals surface area (Å²) in [5.74, 6) is 0.675. The number of benzene rings is 2. The zero-order chi connectivity index (χ0) is 15.7. The van der Waals surface area contributed by atoms with Gasteiger partial charge in [0, 0.05) is 11.5 Å². The fourth-order valence-corrected chi connectivity index (χ4v) is 2.68. The van der Waals surface area contributed by atoms with E-state index in [4.69, 9.17) is 9.15 Å². The van der Waals surface area contributed by atoms with Gasteiger partial charge in [0.2, 0.25) is 0 Å². The summed E-state index contributed by atoms with van der Waals surface area (Å²) in [7, 11) is 0. The Morgan fingerprint density at radius 1 is 1.14 bits per heavy atom. The lowest BCUT2D eigenvalue weighted by Crippen LogP contribution is -2.04. The van der Waals surface area contributed by atoms with Crippen LogP contribution in [0.3, 0.4) is 0 Å². The predicted octanol–water partition coefficient (Wildman–Crippen LogP) is 5.00. The van der Waals surface area contributed by atoms with Crippen molar-refractivity contribution in [3.05, 3.63) is 74.6 Å². The van der Waals surface area contributed by atoms with Crippen LogP contribution in [-0.2, 0) is 0 Å². The number of fused-ring (bicyclic) bond motifs is 1. The Labute approximate surface area is 136 Å². The minimum absolute atomic E-state index is 0.0816. The van der Waals surface area contributed by atoms with Crippen LogP contribution in [0.2, 0.25) is 0 Å². The highest BCUT2D eigenvalue weighted by Crippen LogP contribution is 2.28. The smallest absolute Gasteiger partial charge is 0.350 e. The maximum atomic E-state index is 11.8. The molecule has 0 saturated heterocycles. The van der Waals surface area contributed by atoms with Gasteiger partial charge in [-0.25, -0.2) is 4.79 Å². The summed E-state index contributed by atoms with van der Waals surface area (Å²) < 4.78 is 11.7. The van der Waals surface area contributed by atoms with Crippen molar-refractivity contribution in [3.63, 3.8) is 0 Å². The molecule has 0 bridgehead atoms. The van der Waals surface area contributed by atoms with Crippen molar-refractivity contribution < 1.29 is 9.15 Å². The second kappa shape index (κ2) is 5.97. The van der Waals surface area contributed by atoms with E-state index in [-0.39, 0.29) is 11.7 Å². The third kappa shape index (κ3) is 2.79. The molecule has 0 aliphatic heterocycles. The molecule has 0 amide bonds. The lowest BCUT2D eigenvalue weighted by atomic mass is 10.1. The monoisotopic (exact) mass is 358 g/mol. The minimum Gasteiger partial charge on any atom is -0.486 e. The van der Waals surface area contributed by atoms with E-state index < -0.39 is 0 Å². The quantitative estimate of drug-likeness (QED) is 0.618. The van der Waals surface area contributed by atoms with Crippen molar-refractivity contribution in [1.82, 2.24) is 0 Å². The van der Waals surface area contributed by atoms with E-state index in [2.05, 4.69) is 15.9 Å². The molecular formula is C18H15BrO3. The summed E-state index contributed by atoms with van der Waals surface area (Å²) in [6.07, 6.45) is -0.0816. The molecule has 3 aromatic rings. The van der Waals surface area contributed by atoms with Gasteiger partial charge in [0.25, 0.3) is 0 Å². The molecule has 0 radical (unpaired) electrons. The van der Waals surface area contributed by atoms with Gasteiger partial charge in [-0.3, -0.25) is 0 Å². The highest BCUT2D eigenvalue weighted by atomic mass is 79.9. The van der Waals surface area contributed by atoms with Crippen molar-refractivity contribution in [3.8, 4) is 5.75 Å². The summed E-state index contributed by atoms with van der Waals surface area (Å²) in [4.78, 5) is 11.8. The van der Waals surface area contributed by atoms with E-state index in [1.807, 2.05) is 56.3 Å². The van der Waals surface area contributed by atoms with Gasteiger partial charge >= 0.3 is 5.63 Å². The Morgan fingerprint density at radius 3 is 2.59 bits per heavy atom. The van der Waals surface area contributed by atoms with Crippen molar-refractivity contribution >= 4 is 26.9 Å². The molecule has 0 N–H and O–H groups in total. The number of aryl methyl sites for hydroxylation is 1. The second-order valence-corrected chi connectivity index (χ2v) is 5.95. The van der Waals surface area contributed by atoms with Gasteiger partial charge < -0.3 is 9.15 Å². The van der Waals surface area contributed by atoms with E-state index >= 15 is 0 Å². The van der Waals surface area contributed by atoms with Crippen LogP contribution >= 0.6 is 15.9 Å². The number of hydrogen-bond donors (Lipinski definition) is 0. The van der Waals surface area contributed by atoms with Gasteiger partial charge in [-0.1, -0.05) is 30.3 Å². The molecule has 1 atom stereocenters. The van der Waals surface area contributed by atoms with E-state index in [1.165, 1.54) is 0 Å². The number of rotatable bonds is 3. The Morgan fingerprint density at radius 2 is 1.86 bits per heavy atom. The second-order valence-electron chi connectivity index (χ2n) is 5.16. The van der Waals surface area contributed by atoms with Gasteiger partial charge in [0.1, 0.15) is 21.9 Å². The first-order valence-electron chi connectivity index (χ1n) is 7.01. The molecule has 2 aromatic carbocycles. The average Bonchev–Trinajstić information content (AvgIpc) is 2.53. The Balaban J connectivity index is 1.96. The zero-order valence-electron chi connectivity index (χ0n) is 12.3.